The van der Waals surface area contributed by atoms with Crippen molar-refractivity contribution < 1.29 is 5.11 Å². The van der Waals surface area contributed by atoms with E-state index in [4.69, 9.17) is 0 Å². The van der Waals surface area contributed by atoms with Crippen molar-refractivity contribution in [2.75, 3.05) is 18.0 Å². The SMILES string of the molecule is O=c1[nH]c(N2CCCC2)nc(O)c1-c1cccc(Br)c1. The Bertz CT molecular complexity index is 693. The van der Waals surface area contributed by atoms with Gasteiger partial charge in [0.2, 0.25) is 11.8 Å². The van der Waals surface area contributed by atoms with E-state index in [-0.39, 0.29) is 17.0 Å². The van der Waals surface area contributed by atoms with Crippen LogP contribution in [0.2, 0.25) is 0 Å². The number of H-pyrrole nitrogens is 1. The fourth-order valence-corrected chi connectivity index (χ4v) is 2.83. The number of aromatic amines is 1. The molecule has 1 aliphatic rings. The Hall–Kier alpha value is -1.82. The van der Waals surface area contributed by atoms with Gasteiger partial charge in [0.25, 0.3) is 5.56 Å². The van der Waals surface area contributed by atoms with Crippen LogP contribution in [0.25, 0.3) is 11.1 Å². The minimum atomic E-state index is -0.322. The third-order valence-electron chi connectivity index (χ3n) is 3.41. The van der Waals surface area contributed by atoms with E-state index in [2.05, 4.69) is 25.9 Å². The van der Waals surface area contributed by atoms with Gasteiger partial charge in [-0.15, -0.1) is 0 Å². The van der Waals surface area contributed by atoms with Gasteiger partial charge in [-0.05, 0) is 30.5 Å². The Morgan fingerprint density at radius 3 is 2.70 bits per heavy atom. The molecule has 1 aromatic heterocycles. The van der Waals surface area contributed by atoms with E-state index in [1.807, 2.05) is 17.0 Å². The number of nitrogens with one attached hydrogen (secondary N) is 1. The molecule has 2 heterocycles. The highest BCUT2D eigenvalue weighted by Crippen LogP contribution is 2.27. The molecule has 0 unspecified atom stereocenters. The maximum atomic E-state index is 12.2. The first-order chi connectivity index (χ1) is 9.65. The highest BCUT2D eigenvalue weighted by Gasteiger charge is 2.19. The molecule has 104 valence electrons. The Kier molecular flexibility index (Phi) is 3.48. The van der Waals surface area contributed by atoms with Crippen LogP contribution < -0.4 is 10.5 Å². The number of halogens is 1. The molecule has 0 saturated carbocycles. The highest BCUT2D eigenvalue weighted by molar-refractivity contribution is 9.10. The number of aromatic nitrogens is 2. The summed E-state index contributed by atoms with van der Waals surface area (Å²) < 4.78 is 0.845. The van der Waals surface area contributed by atoms with Gasteiger partial charge >= 0.3 is 0 Å². The van der Waals surface area contributed by atoms with Crippen LogP contribution in [-0.2, 0) is 0 Å². The van der Waals surface area contributed by atoms with E-state index in [1.165, 1.54) is 0 Å². The van der Waals surface area contributed by atoms with Crippen LogP contribution >= 0.6 is 15.9 Å². The Balaban J connectivity index is 2.07. The molecule has 6 heteroatoms. The summed E-state index contributed by atoms with van der Waals surface area (Å²) in [6.45, 7) is 1.72. The lowest BCUT2D eigenvalue weighted by Crippen LogP contribution is -2.24. The quantitative estimate of drug-likeness (QED) is 0.884. The molecule has 5 nitrogen and oxygen atoms in total. The zero-order valence-corrected chi connectivity index (χ0v) is 12.4. The average Bonchev–Trinajstić information content (AvgIpc) is 2.91. The van der Waals surface area contributed by atoms with E-state index in [1.54, 1.807) is 12.1 Å². The number of aromatic hydroxyl groups is 1. The monoisotopic (exact) mass is 335 g/mol. The molecule has 0 aliphatic carbocycles. The number of benzene rings is 1. The summed E-state index contributed by atoms with van der Waals surface area (Å²) in [6.07, 6.45) is 2.16. The van der Waals surface area contributed by atoms with Crippen LogP contribution in [0.3, 0.4) is 0 Å². The van der Waals surface area contributed by atoms with Crippen molar-refractivity contribution >= 4 is 21.9 Å². The van der Waals surface area contributed by atoms with Gasteiger partial charge in [-0.2, -0.15) is 4.98 Å². The minimum Gasteiger partial charge on any atom is -0.493 e. The summed E-state index contributed by atoms with van der Waals surface area (Å²) in [5.41, 5.74) is 0.519. The summed E-state index contributed by atoms with van der Waals surface area (Å²) in [4.78, 5) is 21.1. The average molecular weight is 336 g/mol. The number of nitrogens with zero attached hydrogens (tertiary/aromatic N) is 2. The predicted octanol–water partition coefficient (Wildman–Crippen LogP) is 2.51. The molecule has 0 bridgehead atoms. The topological polar surface area (TPSA) is 69.2 Å². The van der Waals surface area contributed by atoms with Crippen LogP contribution in [0.15, 0.2) is 33.5 Å². The van der Waals surface area contributed by atoms with Gasteiger partial charge in [-0.1, -0.05) is 28.1 Å². The van der Waals surface area contributed by atoms with Gasteiger partial charge in [0.05, 0.1) is 0 Å². The Labute approximate surface area is 124 Å². The second-order valence-electron chi connectivity index (χ2n) is 4.79. The molecular weight excluding hydrogens is 322 g/mol. The summed E-state index contributed by atoms with van der Waals surface area (Å²) in [5.74, 6) is 0.220. The maximum Gasteiger partial charge on any atom is 0.264 e. The van der Waals surface area contributed by atoms with E-state index in [0.717, 1.165) is 30.4 Å². The molecule has 1 aliphatic heterocycles. The first-order valence-electron chi connectivity index (χ1n) is 6.49. The summed E-state index contributed by atoms with van der Waals surface area (Å²) >= 11 is 3.35. The van der Waals surface area contributed by atoms with Gasteiger partial charge in [0.1, 0.15) is 5.56 Å². The lowest BCUT2D eigenvalue weighted by atomic mass is 10.1. The first-order valence-corrected chi connectivity index (χ1v) is 7.28. The smallest absolute Gasteiger partial charge is 0.264 e. The lowest BCUT2D eigenvalue weighted by Gasteiger charge is -2.16. The summed E-state index contributed by atoms with van der Waals surface area (Å²) in [5, 5.41) is 10.1. The van der Waals surface area contributed by atoms with E-state index < -0.39 is 0 Å². The van der Waals surface area contributed by atoms with Gasteiger partial charge in [-0.25, -0.2) is 0 Å². The van der Waals surface area contributed by atoms with Crippen molar-refractivity contribution in [1.82, 2.24) is 9.97 Å². The summed E-state index contributed by atoms with van der Waals surface area (Å²) in [7, 11) is 0. The molecule has 0 radical (unpaired) electrons. The third-order valence-corrected chi connectivity index (χ3v) is 3.90. The second-order valence-corrected chi connectivity index (χ2v) is 5.71. The molecule has 1 saturated heterocycles. The van der Waals surface area contributed by atoms with E-state index in [9.17, 15) is 9.90 Å². The number of hydrogen-bond donors (Lipinski definition) is 2. The van der Waals surface area contributed by atoms with Crippen molar-refractivity contribution in [2.45, 2.75) is 12.8 Å². The Morgan fingerprint density at radius 1 is 1.30 bits per heavy atom. The zero-order valence-electron chi connectivity index (χ0n) is 10.8. The molecular formula is C14H14BrN3O2. The van der Waals surface area contributed by atoms with Crippen molar-refractivity contribution in [3.05, 3.63) is 39.1 Å². The second kappa shape index (κ2) is 5.28. The molecule has 2 aromatic rings. The number of rotatable bonds is 2. The molecule has 0 amide bonds. The molecule has 0 spiro atoms. The van der Waals surface area contributed by atoms with Gasteiger partial charge in [0.15, 0.2) is 0 Å². The van der Waals surface area contributed by atoms with Crippen molar-refractivity contribution in [3.8, 4) is 17.0 Å². The first kappa shape index (κ1) is 13.2. The summed E-state index contributed by atoms with van der Waals surface area (Å²) in [6, 6.07) is 7.22. The molecule has 2 N–H and O–H groups in total. The van der Waals surface area contributed by atoms with Crippen molar-refractivity contribution in [1.29, 1.82) is 0 Å². The normalized spacial score (nSPS) is 14.8. The van der Waals surface area contributed by atoms with Crippen LogP contribution in [0.1, 0.15) is 12.8 Å². The largest absolute Gasteiger partial charge is 0.493 e. The Morgan fingerprint density at radius 2 is 2.05 bits per heavy atom. The van der Waals surface area contributed by atoms with E-state index in [0.29, 0.717) is 11.5 Å². The minimum absolute atomic E-state index is 0.203. The zero-order chi connectivity index (χ0) is 14.1. The molecule has 3 rings (SSSR count). The van der Waals surface area contributed by atoms with Gasteiger partial charge in [-0.3, -0.25) is 9.78 Å². The molecule has 1 aromatic carbocycles. The third kappa shape index (κ3) is 2.43. The maximum absolute atomic E-state index is 12.2. The van der Waals surface area contributed by atoms with Crippen LogP contribution in [-0.4, -0.2) is 28.2 Å². The van der Waals surface area contributed by atoms with Crippen molar-refractivity contribution in [3.63, 3.8) is 0 Å². The fraction of sp³-hybridized carbons (Fsp3) is 0.286. The molecule has 20 heavy (non-hydrogen) atoms. The fourth-order valence-electron chi connectivity index (χ4n) is 2.43. The standard InChI is InChI=1S/C14H14BrN3O2/c15-10-5-3-4-9(8-10)11-12(19)16-14(17-13(11)20)18-6-1-2-7-18/h3-5,8H,1-2,6-7H2,(H2,16,17,19,20). The lowest BCUT2D eigenvalue weighted by molar-refractivity contribution is 0.453. The molecule has 0 atom stereocenters. The van der Waals surface area contributed by atoms with Crippen molar-refractivity contribution in [2.24, 2.45) is 0 Å². The van der Waals surface area contributed by atoms with E-state index >= 15 is 0 Å². The van der Waals surface area contributed by atoms with Crippen LogP contribution in [0.4, 0.5) is 5.95 Å². The molecule has 1 fully saturated rings. The number of anilines is 1. The predicted molar refractivity (Wildman–Crippen MR) is 81.1 cm³/mol. The highest BCUT2D eigenvalue weighted by atomic mass is 79.9. The number of hydrogen-bond acceptors (Lipinski definition) is 4. The van der Waals surface area contributed by atoms with Gasteiger partial charge < -0.3 is 10.0 Å². The van der Waals surface area contributed by atoms with Gasteiger partial charge in [0, 0.05) is 17.6 Å². The van der Waals surface area contributed by atoms with Crippen LogP contribution in [0.5, 0.6) is 5.88 Å². The van der Waals surface area contributed by atoms with Crippen LogP contribution in [0, 0.1) is 0 Å².